The van der Waals surface area contributed by atoms with Crippen molar-refractivity contribution in [1.29, 1.82) is 0 Å². The van der Waals surface area contributed by atoms with E-state index in [1.54, 1.807) is 29.6 Å². The molecule has 0 atom stereocenters. The van der Waals surface area contributed by atoms with Crippen molar-refractivity contribution in [3.05, 3.63) is 70.4 Å². The maximum atomic E-state index is 12.5. The number of benzene rings is 2. The summed E-state index contributed by atoms with van der Waals surface area (Å²) in [4.78, 5) is 24.6. The lowest BCUT2D eigenvalue weighted by molar-refractivity contribution is -0.0328. The average Bonchev–Trinajstić information content (AvgIpc) is 3.18. The molecule has 0 fully saturated rings. The summed E-state index contributed by atoms with van der Waals surface area (Å²) in [6, 6.07) is 13.9. The summed E-state index contributed by atoms with van der Waals surface area (Å²) in [5.74, 6) is -0.825. The van der Waals surface area contributed by atoms with Crippen LogP contribution in [-0.4, -0.2) is 24.5 Å². The molecule has 0 spiro atoms. The minimum atomic E-state index is -4.36. The van der Waals surface area contributed by atoms with Crippen LogP contribution >= 0.6 is 23.1 Å². The van der Waals surface area contributed by atoms with Crippen LogP contribution in [0, 0.1) is 0 Å². The van der Waals surface area contributed by atoms with Gasteiger partial charge in [0.25, 0.3) is 5.91 Å². The summed E-state index contributed by atoms with van der Waals surface area (Å²) in [5, 5.41) is 4.45. The molecule has 1 heterocycles. The van der Waals surface area contributed by atoms with Gasteiger partial charge in [0.05, 0.1) is 7.11 Å². The Hall–Kier alpha value is -2.78. The molecule has 0 saturated heterocycles. The number of methoxy groups -OCH3 is 1. The quantitative estimate of drug-likeness (QED) is 0.389. The van der Waals surface area contributed by atoms with E-state index in [1.165, 1.54) is 42.7 Å². The minimum absolute atomic E-state index is 0.0383. The number of rotatable bonds is 5. The van der Waals surface area contributed by atoms with Crippen molar-refractivity contribution < 1.29 is 27.5 Å². The second-order valence-electron chi connectivity index (χ2n) is 5.80. The molecule has 9 heteroatoms. The number of ether oxygens (including phenoxy) is 1. The van der Waals surface area contributed by atoms with Gasteiger partial charge < -0.3 is 10.1 Å². The zero-order valence-corrected chi connectivity index (χ0v) is 16.6. The van der Waals surface area contributed by atoms with Crippen molar-refractivity contribution in [2.45, 2.75) is 10.4 Å². The lowest BCUT2D eigenvalue weighted by Gasteiger charge is -2.09. The Morgan fingerprint density at radius 3 is 2.41 bits per heavy atom. The topological polar surface area (TPSA) is 55.4 Å². The van der Waals surface area contributed by atoms with E-state index in [9.17, 15) is 22.8 Å². The number of anilines is 1. The van der Waals surface area contributed by atoms with Crippen LogP contribution in [0.1, 0.15) is 20.0 Å². The monoisotopic (exact) mass is 437 g/mol. The first-order chi connectivity index (χ1) is 13.7. The second kappa shape index (κ2) is 8.71. The maximum Gasteiger partial charge on any atom is 0.446 e. The first-order valence-corrected chi connectivity index (χ1v) is 9.89. The van der Waals surface area contributed by atoms with E-state index >= 15 is 0 Å². The lowest BCUT2D eigenvalue weighted by Crippen LogP contribution is -2.11. The van der Waals surface area contributed by atoms with Gasteiger partial charge in [-0.25, -0.2) is 4.79 Å². The number of carbonyl (C=O) groups is 2. The molecule has 0 bridgehead atoms. The molecule has 0 saturated carbocycles. The van der Waals surface area contributed by atoms with Crippen molar-refractivity contribution in [2.24, 2.45) is 0 Å². The zero-order valence-electron chi connectivity index (χ0n) is 14.9. The van der Waals surface area contributed by atoms with E-state index in [0.29, 0.717) is 16.1 Å². The van der Waals surface area contributed by atoms with Crippen LogP contribution in [0.25, 0.3) is 11.1 Å². The number of carbonyl (C=O) groups excluding carboxylic acids is 2. The molecule has 0 aliphatic heterocycles. The third kappa shape index (κ3) is 5.61. The van der Waals surface area contributed by atoms with Gasteiger partial charge in [-0.15, -0.1) is 11.3 Å². The van der Waals surface area contributed by atoms with E-state index in [2.05, 4.69) is 5.32 Å². The SMILES string of the molecule is COC(=O)c1cc(-c2cccc(C(=O)Nc3ccc(SC(F)(F)F)cc3)c2)cs1. The molecule has 0 aliphatic rings. The average molecular weight is 437 g/mol. The summed E-state index contributed by atoms with van der Waals surface area (Å²) >= 11 is 1.03. The molecule has 1 aromatic heterocycles. The van der Waals surface area contributed by atoms with Crippen LogP contribution in [0.3, 0.4) is 0 Å². The number of hydrogen-bond donors (Lipinski definition) is 1. The highest BCUT2D eigenvalue weighted by atomic mass is 32.2. The Morgan fingerprint density at radius 2 is 1.76 bits per heavy atom. The van der Waals surface area contributed by atoms with E-state index in [1.807, 2.05) is 6.07 Å². The first-order valence-electron chi connectivity index (χ1n) is 8.19. The zero-order chi connectivity index (χ0) is 21.0. The van der Waals surface area contributed by atoms with Crippen LogP contribution in [0.2, 0.25) is 0 Å². The van der Waals surface area contributed by atoms with E-state index in [-0.39, 0.29) is 16.7 Å². The van der Waals surface area contributed by atoms with Crippen LogP contribution in [0.5, 0.6) is 0 Å². The number of halogens is 3. The summed E-state index contributed by atoms with van der Waals surface area (Å²) in [7, 11) is 1.31. The number of esters is 1. The highest BCUT2D eigenvalue weighted by molar-refractivity contribution is 8.00. The highest BCUT2D eigenvalue weighted by Crippen LogP contribution is 2.37. The minimum Gasteiger partial charge on any atom is -0.465 e. The van der Waals surface area contributed by atoms with Crippen LogP contribution in [-0.2, 0) is 4.74 Å². The van der Waals surface area contributed by atoms with Gasteiger partial charge in [0.15, 0.2) is 0 Å². The van der Waals surface area contributed by atoms with Gasteiger partial charge in [-0.3, -0.25) is 4.79 Å². The Bertz CT molecular complexity index is 1030. The van der Waals surface area contributed by atoms with E-state index in [0.717, 1.165) is 11.1 Å². The highest BCUT2D eigenvalue weighted by Gasteiger charge is 2.29. The van der Waals surface area contributed by atoms with Crippen molar-refractivity contribution in [3.63, 3.8) is 0 Å². The fourth-order valence-electron chi connectivity index (χ4n) is 2.48. The van der Waals surface area contributed by atoms with Gasteiger partial charge in [-0.05, 0) is 70.7 Å². The number of hydrogen-bond acceptors (Lipinski definition) is 5. The fourth-order valence-corrected chi connectivity index (χ4v) is 3.85. The van der Waals surface area contributed by atoms with Crippen LogP contribution in [0.15, 0.2) is 64.9 Å². The van der Waals surface area contributed by atoms with Crippen molar-refractivity contribution in [3.8, 4) is 11.1 Å². The maximum absolute atomic E-state index is 12.5. The molecule has 1 amide bonds. The van der Waals surface area contributed by atoms with E-state index in [4.69, 9.17) is 4.74 Å². The third-order valence-corrected chi connectivity index (χ3v) is 5.44. The van der Waals surface area contributed by atoms with Gasteiger partial charge in [-0.1, -0.05) is 12.1 Å². The third-order valence-electron chi connectivity index (χ3n) is 3.79. The van der Waals surface area contributed by atoms with Gasteiger partial charge in [0.1, 0.15) is 4.88 Å². The summed E-state index contributed by atoms with van der Waals surface area (Å²) < 4.78 is 41.8. The molecule has 29 heavy (non-hydrogen) atoms. The molecular formula is C20H14F3NO3S2. The number of alkyl halides is 3. The molecule has 150 valence electrons. The normalized spacial score (nSPS) is 11.2. The second-order valence-corrected chi connectivity index (χ2v) is 7.85. The van der Waals surface area contributed by atoms with Crippen LogP contribution in [0.4, 0.5) is 18.9 Å². The van der Waals surface area contributed by atoms with Gasteiger partial charge >= 0.3 is 11.5 Å². The van der Waals surface area contributed by atoms with Crippen LogP contribution < -0.4 is 5.32 Å². The summed E-state index contributed by atoms with van der Waals surface area (Å²) in [6.45, 7) is 0. The van der Waals surface area contributed by atoms with Gasteiger partial charge in [0, 0.05) is 16.1 Å². The molecule has 3 rings (SSSR count). The summed E-state index contributed by atoms with van der Waals surface area (Å²) in [5.41, 5.74) is -2.07. The molecule has 1 N–H and O–H groups in total. The van der Waals surface area contributed by atoms with Crippen molar-refractivity contribution in [2.75, 3.05) is 12.4 Å². The molecule has 0 aliphatic carbocycles. The molecular weight excluding hydrogens is 423 g/mol. The Balaban J connectivity index is 1.72. The Kier molecular flexibility index (Phi) is 6.29. The summed E-state index contributed by atoms with van der Waals surface area (Å²) in [6.07, 6.45) is 0. The molecule has 2 aromatic carbocycles. The predicted molar refractivity (Wildman–Crippen MR) is 107 cm³/mol. The first kappa shape index (κ1) is 20.9. The lowest BCUT2D eigenvalue weighted by atomic mass is 10.0. The van der Waals surface area contributed by atoms with Gasteiger partial charge in [-0.2, -0.15) is 13.2 Å². The Morgan fingerprint density at radius 1 is 1.03 bits per heavy atom. The van der Waals surface area contributed by atoms with E-state index < -0.39 is 17.4 Å². The molecule has 4 nitrogen and oxygen atoms in total. The van der Waals surface area contributed by atoms with Crippen molar-refractivity contribution in [1.82, 2.24) is 0 Å². The van der Waals surface area contributed by atoms with Gasteiger partial charge in [0.2, 0.25) is 0 Å². The number of thiophene rings is 1. The van der Waals surface area contributed by atoms with Crippen molar-refractivity contribution >= 4 is 40.7 Å². The number of nitrogens with one attached hydrogen (secondary N) is 1. The smallest absolute Gasteiger partial charge is 0.446 e. The molecule has 0 radical (unpaired) electrons. The molecule has 0 unspecified atom stereocenters. The number of amides is 1. The molecule has 3 aromatic rings. The predicted octanol–water partition coefficient (Wildman–Crippen LogP) is 6.07. The number of thioether (sulfide) groups is 1. The standard InChI is InChI=1S/C20H14F3NO3S2/c1-27-19(26)17-10-14(11-28-17)12-3-2-4-13(9-12)18(25)24-15-5-7-16(8-6-15)29-20(21,22)23/h2-11H,1H3,(H,24,25). The fraction of sp³-hybridized carbons (Fsp3) is 0.100. The largest absolute Gasteiger partial charge is 0.465 e. The Labute approximate surface area is 172 Å².